The molecule has 3 rings (SSSR count). The molecular formula is C20H24N4OS. The molecule has 0 amide bonds. The van der Waals surface area contributed by atoms with Crippen molar-refractivity contribution in [2.75, 3.05) is 26.1 Å². The van der Waals surface area contributed by atoms with Crippen molar-refractivity contribution in [2.45, 2.75) is 24.4 Å². The Labute approximate surface area is 159 Å². The van der Waals surface area contributed by atoms with E-state index in [1.807, 2.05) is 24.3 Å². The zero-order valence-electron chi connectivity index (χ0n) is 15.6. The lowest BCUT2D eigenvalue weighted by molar-refractivity contribution is 0.416. The van der Waals surface area contributed by atoms with Crippen LogP contribution in [0.4, 0.5) is 5.69 Å². The zero-order valence-corrected chi connectivity index (χ0v) is 16.5. The molecule has 0 unspecified atom stereocenters. The van der Waals surface area contributed by atoms with Gasteiger partial charge in [0, 0.05) is 32.1 Å². The number of methoxy groups -OCH3 is 1. The Bertz CT molecular complexity index is 876. The minimum absolute atomic E-state index is 0.804. The maximum absolute atomic E-state index is 5.49. The van der Waals surface area contributed by atoms with Gasteiger partial charge in [-0.05, 0) is 30.7 Å². The molecule has 6 heteroatoms. The molecule has 0 atom stereocenters. The topological polar surface area (TPSA) is 43.2 Å². The number of hydrogen-bond acceptors (Lipinski definition) is 5. The van der Waals surface area contributed by atoms with Crippen molar-refractivity contribution < 1.29 is 4.74 Å². The Balaban J connectivity index is 1.88. The van der Waals surface area contributed by atoms with Gasteiger partial charge in [-0.15, -0.1) is 10.2 Å². The third kappa shape index (κ3) is 3.70. The summed E-state index contributed by atoms with van der Waals surface area (Å²) in [6.07, 6.45) is 0. The number of benzene rings is 2. The first-order chi connectivity index (χ1) is 12.7. The van der Waals surface area contributed by atoms with E-state index in [-0.39, 0.29) is 0 Å². The largest absolute Gasteiger partial charge is 0.496 e. The minimum Gasteiger partial charge on any atom is -0.496 e. The average molecular weight is 369 g/mol. The summed E-state index contributed by atoms with van der Waals surface area (Å²) in [7, 11) is 5.81. The Morgan fingerprint density at radius 2 is 1.77 bits per heavy atom. The second-order valence-corrected chi connectivity index (χ2v) is 7.01. The maximum Gasteiger partial charge on any atom is 0.191 e. The van der Waals surface area contributed by atoms with Crippen molar-refractivity contribution in [2.24, 2.45) is 0 Å². The molecule has 5 nitrogen and oxygen atoms in total. The first-order valence-corrected chi connectivity index (χ1v) is 9.58. The van der Waals surface area contributed by atoms with Crippen LogP contribution < -0.4 is 9.64 Å². The molecule has 1 heterocycles. The molecule has 0 bridgehead atoms. The van der Waals surface area contributed by atoms with Gasteiger partial charge in [0.2, 0.25) is 0 Å². The molecule has 136 valence electrons. The van der Waals surface area contributed by atoms with Crippen LogP contribution >= 0.6 is 11.8 Å². The van der Waals surface area contributed by atoms with Crippen LogP contribution in [0, 0.1) is 0 Å². The van der Waals surface area contributed by atoms with Gasteiger partial charge in [0.05, 0.1) is 12.7 Å². The lowest BCUT2D eigenvalue weighted by Crippen LogP contribution is -2.10. The number of rotatable bonds is 7. The lowest BCUT2D eigenvalue weighted by atomic mass is 10.2. The summed E-state index contributed by atoms with van der Waals surface area (Å²) in [5.74, 6) is 2.50. The molecule has 0 spiro atoms. The number of hydrogen-bond donors (Lipinski definition) is 0. The fourth-order valence-electron chi connectivity index (χ4n) is 2.92. The Morgan fingerprint density at radius 3 is 2.50 bits per heavy atom. The summed E-state index contributed by atoms with van der Waals surface area (Å²) in [5.41, 5.74) is 3.48. The predicted molar refractivity (Wildman–Crippen MR) is 108 cm³/mol. The summed E-state index contributed by atoms with van der Waals surface area (Å²) in [4.78, 5) is 2.14. The van der Waals surface area contributed by atoms with Gasteiger partial charge in [-0.2, -0.15) is 0 Å². The lowest BCUT2D eigenvalue weighted by Gasteiger charge is -2.17. The van der Waals surface area contributed by atoms with E-state index < -0.39 is 0 Å². The standard InChI is InChI=1S/C20H24N4OS/c1-5-24-19(16-11-7-9-13-18(16)25-4)21-22-20(24)26-14-15-10-6-8-12-17(15)23(2)3/h6-13H,5,14H2,1-4H3. The quantitative estimate of drug-likeness (QED) is 0.581. The van der Waals surface area contributed by atoms with Gasteiger partial charge in [0.15, 0.2) is 11.0 Å². The van der Waals surface area contributed by atoms with Crippen molar-refractivity contribution >= 4 is 17.4 Å². The van der Waals surface area contributed by atoms with Gasteiger partial charge >= 0.3 is 0 Å². The highest BCUT2D eigenvalue weighted by Crippen LogP contribution is 2.32. The first kappa shape index (κ1) is 18.3. The molecule has 0 radical (unpaired) electrons. The summed E-state index contributed by atoms with van der Waals surface area (Å²) in [5, 5.41) is 9.79. The molecule has 0 saturated carbocycles. The number of anilines is 1. The highest BCUT2D eigenvalue weighted by atomic mass is 32.2. The van der Waals surface area contributed by atoms with E-state index in [4.69, 9.17) is 4.74 Å². The van der Waals surface area contributed by atoms with Crippen LogP contribution in [0.5, 0.6) is 5.75 Å². The number of nitrogens with zero attached hydrogens (tertiary/aromatic N) is 4. The second-order valence-electron chi connectivity index (χ2n) is 6.06. The molecule has 0 N–H and O–H groups in total. The van der Waals surface area contributed by atoms with Gasteiger partial charge in [-0.25, -0.2) is 0 Å². The molecular weight excluding hydrogens is 344 g/mol. The summed E-state index contributed by atoms with van der Waals surface area (Å²) in [6, 6.07) is 16.4. The summed E-state index contributed by atoms with van der Waals surface area (Å²) >= 11 is 1.71. The average Bonchev–Trinajstić information content (AvgIpc) is 3.09. The van der Waals surface area contributed by atoms with Gasteiger partial charge in [-0.3, -0.25) is 0 Å². The molecule has 3 aromatic rings. The van der Waals surface area contributed by atoms with Crippen LogP contribution in [0.2, 0.25) is 0 Å². The Morgan fingerprint density at radius 1 is 1.04 bits per heavy atom. The van der Waals surface area contributed by atoms with Crippen LogP contribution in [0.15, 0.2) is 53.7 Å². The molecule has 0 aliphatic carbocycles. The number of ether oxygens (including phenoxy) is 1. The molecule has 1 aromatic heterocycles. The number of thioether (sulfide) groups is 1. The fourth-order valence-corrected chi connectivity index (χ4v) is 3.92. The van der Waals surface area contributed by atoms with Crippen LogP contribution in [0.1, 0.15) is 12.5 Å². The van der Waals surface area contributed by atoms with Gasteiger partial charge in [0.25, 0.3) is 0 Å². The highest BCUT2D eigenvalue weighted by molar-refractivity contribution is 7.98. The van der Waals surface area contributed by atoms with Crippen LogP contribution in [-0.2, 0) is 12.3 Å². The van der Waals surface area contributed by atoms with E-state index >= 15 is 0 Å². The second kappa shape index (κ2) is 8.27. The van der Waals surface area contributed by atoms with E-state index in [2.05, 4.69) is 64.9 Å². The predicted octanol–water partition coefficient (Wildman–Crippen LogP) is 4.33. The number of para-hydroxylation sites is 2. The van der Waals surface area contributed by atoms with E-state index in [0.29, 0.717) is 0 Å². The zero-order chi connectivity index (χ0) is 18.5. The molecule has 0 fully saturated rings. The SMILES string of the molecule is CCn1c(SCc2ccccc2N(C)C)nnc1-c1ccccc1OC. The number of aromatic nitrogens is 3. The van der Waals surface area contributed by atoms with Crippen molar-refractivity contribution in [1.82, 2.24) is 14.8 Å². The molecule has 26 heavy (non-hydrogen) atoms. The third-order valence-corrected chi connectivity index (χ3v) is 5.23. The molecule has 0 saturated heterocycles. The maximum atomic E-state index is 5.49. The van der Waals surface area contributed by atoms with Crippen LogP contribution in [0.25, 0.3) is 11.4 Å². The normalized spacial score (nSPS) is 10.8. The first-order valence-electron chi connectivity index (χ1n) is 8.60. The summed E-state index contributed by atoms with van der Waals surface area (Å²) in [6.45, 7) is 2.91. The Kier molecular flexibility index (Phi) is 5.83. The molecule has 0 aliphatic rings. The van der Waals surface area contributed by atoms with Gasteiger partial charge in [-0.1, -0.05) is 42.1 Å². The van der Waals surface area contributed by atoms with Crippen molar-refractivity contribution in [1.29, 1.82) is 0 Å². The van der Waals surface area contributed by atoms with Crippen molar-refractivity contribution in [3.63, 3.8) is 0 Å². The van der Waals surface area contributed by atoms with Crippen LogP contribution in [0.3, 0.4) is 0 Å². The molecule has 0 aliphatic heterocycles. The van der Waals surface area contributed by atoms with Gasteiger partial charge in [0.1, 0.15) is 5.75 Å². The van der Waals surface area contributed by atoms with Crippen molar-refractivity contribution in [3.8, 4) is 17.1 Å². The van der Waals surface area contributed by atoms with E-state index in [9.17, 15) is 0 Å². The monoisotopic (exact) mass is 368 g/mol. The summed E-state index contributed by atoms with van der Waals surface area (Å²) < 4.78 is 7.63. The fraction of sp³-hybridized carbons (Fsp3) is 0.300. The van der Waals surface area contributed by atoms with Crippen LogP contribution in [-0.4, -0.2) is 36.0 Å². The Hall–Kier alpha value is -2.47. The molecule has 2 aromatic carbocycles. The van der Waals surface area contributed by atoms with Crippen molar-refractivity contribution in [3.05, 3.63) is 54.1 Å². The minimum atomic E-state index is 0.804. The van der Waals surface area contributed by atoms with E-state index in [1.165, 1.54) is 11.3 Å². The van der Waals surface area contributed by atoms with E-state index in [1.54, 1.807) is 18.9 Å². The third-order valence-electron chi connectivity index (χ3n) is 4.21. The van der Waals surface area contributed by atoms with E-state index in [0.717, 1.165) is 34.6 Å². The van der Waals surface area contributed by atoms with Gasteiger partial charge < -0.3 is 14.2 Å². The highest BCUT2D eigenvalue weighted by Gasteiger charge is 2.17. The smallest absolute Gasteiger partial charge is 0.191 e.